The average molecular weight is 1040 g/mol. The summed E-state index contributed by atoms with van der Waals surface area (Å²) in [5.74, 6) is 1.50. The molecule has 3 aliphatic heterocycles. The van der Waals surface area contributed by atoms with E-state index in [4.69, 9.17) is 0 Å². The number of piperidine rings is 2. The van der Waals surface area contributed by atoms with Crippen molar-refractivity contribution in [2.75, 3.05) is 58.9 Å². The number of rotatable bonds is 12. The van der Waals surface area contributed by atoms with Gasteiger partial charge in [0, 0.05) is 67.0 Å². The summed E-state index contributed by atoms with van der Waals surface area (Å²) in [6, 6.07) is 50.5. The highest BCUT2D eigenvalue weighted by Crippen LogP contribution is 2.32. The summed E-state index contributed by atoms with van der Waals surface area (Å²) in [6.45, 7) is 22.7. The number of nitrogens with zero attached hydrogens (tertiary/aromatic N) is 6. The van der Waals surface area contributed by atoms with E-state index in [9.17, 15) is 14.4 Å². The molecular weight excluding hydrogens is 961 g/mol. The second-order valence-electron chi connectivity index (χ2n) is 22.4. The largest absolute Gasteiger partial charge is 0.317 e. The second-order valence-corrected chi connectivity index (χ2v) is 22.4. The maximum Gasteiger partial charge on any atom is 0.178 e. The third-order valence-electron chi connectivity index (χ3n) is 16.8. The summed E-state index contributed by atoms with van der Waals surface area (Å²) in [4.78, 5) is 45.7. The summed E-state index contributed by atoms with van der Waals surface area (Å²) in [7, 11) is 0. The lowest BCUT2D eigenvalue weighted by Crippen LogP contribution is -2.36. The zero-order chi connectivity index (χ0) is 54.5. The van der Waals surface area contributed by atoms with Gasteiger partial charge in [-0.1, -0.05) is 123 Å². The molecular formula is C69H78N6O3. The Balaban J connectivity index is 0.000000132. The van der Waals surface area contributed by atoms with Crippen molar-refractivity contribution in [3.63, 3.8) is 0 Å². The van der Waals surface area contributed by atoms with Crippen LogP contribution in [0, 0.1) is 47.5 Å². The predicted molar refractivity (Wildman–Crippen MR) is 322 cm³/mol. The van der Waals surface area contributed by atoms with Crippen LogP contribution in [0.25, 0.3) is 49.4 Å². The molecule has 9 aromatic rings. The first-order valence-electron chi connectivity index (χ1n) is 28.6. The van der Waals surface area contributed by atoms with Gasteiger partial charge < -0.3 is 13.7 Å². The zero-order valence-electron chi connectivity index (χ0n) is 47.2. The van der Waals surface area contributed by atoms with Gasteiger partial charge in [-0.15, -0.1) is 0 Å². The van der Waals surface area contributed by atoms with E-state index < -0.39 is 0 Å². The number of likely N-dealkylation sites (tertiary alicyclic amines) is 3. The van der Waals surface area contributed by atoms with Crippen molar-refractivity contribution >= 4 is 49.7 Å². The van der Waals surface area contributed by atoms with Crippen LogP contribution in [-0.2, 0) is 0 Å². The molecule has 3 aromatic heterocycles. The number of hydrogen-bond acceptors (Lipinski definition) is 6. The highest BCUT2D eigenvalue weighted by atomic mass is 16.1. The summed E-state index contributed by atoms with van der Waals surface area (Å²) in [5.41, 5.74) is 12.5. The maximum absolute atomic E-state index is 13.0. The van der Waals surface area contributed by atoms with Gasteiger partial charge in [0.05, 0.1) is 36.7 Å². The fourth-order valence-corrected chi connectivity index (χ4v) is 12.6. The van der Waals surface area contributed by atoms with Crippen molar-refractivity contribution in [2.45, 2.75) is 93.4 Å². The Hall–Kier alpha value is -7.17. The topological polar surface area (TPSA) is 75.7 Å². The average Bonchev–Trinajstić information content (AvgIpc) is 4.29. The SMILES string of the molecule is Cc1cc(C(=O)CN2CCC(C)CC2)c(C)n1-c1cccc2ccccc12.Cc1cc(C(=O)CN2CCCC2)c(C)n1-c1cccc2ccccc12.Cc1cc(C(=O)CN2CCCCC2)c(C)n1-c1cccc2ccccc12. The summed E-state index contributed by atoms with van der Waals surface area (Å²) < 4.78 is 6.68. The minimum Gasteiger partial charge on any atom is -0.317 e. The fourth-order valence-electron chi connectivity index (χ4n) is 12.6. The van der Waals surface area contributed by atoms with E-state index in [0.29, 0.717) is 19.6 Å². The zero-order valence-corrected chi connectivity index (χ0v) is 47.2. The van der Waals surface area contributed by atoms with Gasteiger partial charge in [0.15, 0.2) is 17.3 Å². The highest BCUT2D eigenvalue weighted by Gasteiger charge is 2.25. The Morgan fingerprint density at radius 3 is 0.987 bits per heavy atom. The third kappa shape index (κ3) is 11.7. The van der Waals surface area contributed by atoms with E-state index in [2.05, 4.69) is 222 Å². The van der Waals surface area contributed by atoms with Crippen LogP contribution in [0.15, 0.2) is 146 Å². The van der Waals surface area contributed by atoms with Crippen LogP contribution in [0.3, 0.4) is 0 Å². The number of aryl methyl sites for hydroxylation is 3. The smallest absolute Gasteiger partial charge is 0.178 e. The van der Waals surface area contributed by atoms with Crippen LogP contribution >= 0.6 is 0 Å². The number of benzene rings is 6. The molecule has 6 heterocycles. The Kier molecular flexibility index (Phi) is 16.8. The lowest BCUT2D eigenvalue weighted by molar-refractivity contribution is 0.0896. The first-order chi connectivity index (χ1) is 37.8. The molecule has 3 aliphatic rings. The molecule has 6 aromatic carbocycles. The van der Waals surface area contributed by atoms with Gasteiger partial charge in [-0.3, -0.25) is 29.1 Å². The minimum absolute atomic E-state index is 0.237. The number of Topliss-reactive ketones (excluding diaryl/α,β-unsaturated/α-hetero) is 3. The lowest BCUT2D eigenvalue weighted by Gasteiger charge is -2.29. The fraction of sp³-hybridized carbons (Fsp3) is 0.348. The minimum atomic E-state index is 0.237. The van der Waals surface area contributed by atoms with Gasteiger partial charge in [0.2, 0.25) is 0 Å². The molecule has 0 unspecified atom stereocenters. The Morgan fingerprint density at radius 1 is 0.372 bits per heavy atom. The van der Waals surface area contributed by atoms with Crippen LogP contribution < -0.4 is 0 Å². The van der Waals surface area contributed by atoms with Gasteiger partial charge in [-0.2, -0.15) is 0 Å². The number of ketones is 3. The van der Waals surface area contributed by atoms with Gasteiger partial charge in [0.1, 0.15) is 0 Å². The van der Waals surface area contributed by atoms with Gasteiger partial charge in [0.25, 0.3) is 0 Å². The predicted octanol–water partition coefficient (Wildman–Crippen LogP) is 14.6. The molecule has 9 heteroatoms. The Labute approximate surface area is 462 Å². The molecule has 0 N–H and O–H groups in total. The molecule has 0 aliphatic carbocycles. The van der Waals surface area contributed by atoms with Gasteiger partial charge in [-0.25, -0.2) is 0 Å². The molecule has 402 valence electrons. The summed E-state index contributed by atoms with van der Waals surface area (Å²) >= 11 is 0. The first kappa shape index (κ1) is 54.2. The molecule has 0 saturated carbocycles. The maximum atomic E-state index is 13.0. The van der Waals surface area contributed by atoms with E-state index in [-0.39, 0.29) is 17.3 Å². The number of carbonyl (C=O) groups is 3. The van der Waals surface area contributed by atoms with E-state index >= 15 is 0 Å². The van der Waals surface area contributed by atoms with Crippen LogP contribution in [0.4, 0.5) is 0 Å². The van der Waals surface area contributed by atoms with Crippen LogP contribution in [-0.4, -0.2) is 105 Å². The molecule has 0 amide bonds. The monoisotopic (exact) mass is 1040 g/mol. The van der Waals surface area contributed by atoms with Gasteiger partial charge in [-0.05, 0) is 178 Å². The number of fused-ring (bicyclic) bond motifs is 3. The van der Waals surface area contributed by atoms with Crippen molar-refractivity contribution in [2.24, 2.45) is 5.92 Å². The van der Waals surface area contributed by atoms with Crippen molar-refractivity contribution < 1.29 is 14.4 Å². The lowest BCUT2D eigenvalue weighted by atomic mass is 9.99. The van der Waals surface area contributed by atoms with E-state index in [1.54, 1.807) is 0 Å². The number of hydrogen-bond donors (Lipinski definition) is 0. The molecule has 78 heavy (non-hydrogen) atoms. The number of aromatic nitrogens is 3. The van der Waals surface area contributed by atoms with Crippen LogP contribution in [0.1, 0.15) is 117 Å². The van der Waals surface area contributed by atoms with Crippen molar-refractivity contribution in [3.8, 4) is 17.1 Å². The molecule has 0 bridgehead atoms. The van der Waals surface area contributed by atoms with Crippen LogP contribution in [0.5, 0.6) is 0 Å². The van der Waals surface area contributed by atoms with E-state index in [1.165, 1.54) is 77.3 Å². The third-order valence-corrected chi connectivity index (χ3v) is 16.8. The van der Waals surface area contributed by atoms with Crippen molar-refractivity contribution in [1.29, 1.82) is 0 Å². The van der Waals surface area contributed by atoms with Crippen molar-refractivity contribution in [1.82, 2.24) is 28.4 Å². The molecule has 3 saturated heterocycles. The first-order valence-corrected chi connectivity index (χ1v) is 28.6. The standard InChI is InChI=1S/C24H28N2O.C23H26N2O.C22H24N2O/c1-17-11-13-25(14-12-17)16-24(27)22-15-18(2)26(19(22)3)23-10-6-8-20-7-4-5-9-21(20)23;1-17-15-21(23(26)16-24-13-6-3-7-14-24)18(2)25(17)22-12-8-10-19-9-4-5-11-20(19)22;1-16-14-20(22(25)15-23-12-5-6-13-23)17(2)24(16)21-11-7-9-18-8-3-4-10-19(18)21/h4-10,15,17H,11-14,16H2,1-3H3;4-5,8-12,15H,3,6-7,13-14,16H2,1-2H3;3-4,7-11,14H,5-6,12-13,15H2,1-2H3. The summed E-state index contributed by atoms with van der Waals surface area (Å²) in [5, 5.41) is 7.30. The number of carbonyl (C=O) groups excluding carboxylic acids is 3. The molecule has 0 atom stereocenters. The molecule has 3 fully saturated rings. The molecule has 9 nitrogen and oxygen atoms in total. The van der Waals surface area contributed by atoms with Crippen LogP contribution in [0.2, 0.25) is 0 Å². The molecule has 0 spiro atoms. The highest BCUT2D eigenvalue weighted by molar-refractivity contribution is 6.01. The quantitative estimate of drug-likeness (QED) is 0.114. The van der Waals surface area contributed by atoms with Gasteiger partial charge >= 0.3 is 0 Å². The molecule has 12 rings (SSSR count). The summed E-state index contributed by atoms with van der Waals surface area (Å²) in [6.07, 6.45) is 8.53. The second kappa shape index (κ2) is 24.2. The Bertz CT molecular complexity index is 3590. The van der Waals surface area contributed by atoms with Crippen molar-refractivity contribution in [3.05, 3.63) is 196 Å². The Morgan fingerprint density at radius 2 is 0.654 bits per heavy atom. The normalized spacial score (nSPS) is 15.6. The van der Waals surface area contributed by atoms with E-state index in [0.717, 1.165) is 113 Å². The van der Waals surface area contributed by atoms with E-state index in [1.807, 2.05) is 0 Å². The molecule has 0 radical (unpaired) electrons.